The number of amides is 2. The number of ether oxygens (including phenoxy) is 1. The van der Waals surface area contributed by atoms with E-state index in [1.165, 1.54) is 42.7 Å². The van der Waals surface area contributed by atoms with Gasteiger partial charge >= 0.3 is 6.09 Å². The maximum Gasteiger partial charge on any atom is 0.407 e. The maximum atomic E-state index is 14.1. The quantitative estimate of drug-likeness (QED) is 0.300. The van der Waals surface area contributed by atoms with E-state index >= 15 is 0 Å². The summed E-state index contributed by atoms with van der Waals surface area (Å²) in [5, 5.41) is 13.7. The van der Waals surface area contributed by atoms with Crippen LogP contribution in [-0.4, -0.2) is 56.1 Å². The number of nitrogens with zero attached hydrogens (tertiary/aromatic N) is 4. The van der Waals surface area contributed by atoms with E-state index in [4.69, 9.17) is 4.74 Å². The summed E-state index contributed by atoms with van der Waals surface area (Å²) in [5.41, 5.74) is 1.87. The molecule has 0 aliphatic heterocycles. The van der Waals surface area contributed by atoms with Gasteiger partial charge in [0.05, 0.1) is 24.7 Å². The number of halogens is 1. The molecule has 0 spiro atoms. The highest BCUT2D eigenvalue weighted by molar-refractivity contribution is 6.03. The molecule has 40 heavy (non-hydrogen) atoms. The third kappa shape index (κ3) is 7.10. The summed E-state index contributed by atoms with van der Waals surface area (Å²) in [5.74, 6) is 0.186. The van der Waals surface area contributed by atoms with Crippen LogP contribution >= 0.6 is 0 Å². The Bertz CT molecular complexity index is 1380. The van der Waals surface area contributed by atoms with Crippen molar-refractivity contribution in [1.29, 1.82) is 0 Å². The van der Waals surface area contributed by atoms with Gasteiger partial charge in [0.15, 0.2) is 17.2 Å². The van der Waals surface area contributed by atoms with Gasteiger partial charge in [-0.3, -0.25) is 9.78 Å². The lowest BCUT2D eigenvalue weighted by Gasteiger charge is -2.29. The summed E-state index contributed by atoms with van der Waals surface area (Å²) in [6.07, 6.45) is 10.8. The van der Waals surface area contributed by atoms with Crippen LogP contribution in [0.1, 0.15) is 74.3 Å². The highest BCUT2D eigenvalue weighted by Crippen LogP contribution is 2.34. The number of carbonyl (C=O) groups is 3. The fourth-order valence-electron chi connectivity index (χ4n) is 4.99. The van der Waals surface area contributed by atoms with Gasteiger partial charge in [-0.15, -0.1) is 5.10 Å². The van der Waals surface area contributed by atoms with Crippen molar-refractivity contribution in [3.8, 4) is 0 Å². The number of aromatic nitrogens is 4. The fourth-order valence-corrected chi connectivity index (χ4v) is 4.99. The van der Waals surface area contributed by atoms with Crippen LogP contribution in [0.2, 0.25) is 0 Å². The Balaban J connectivity index is 1.23. The number of alkyl carbamates (subject to hydrolysis) is 1. The van der Waals surface area contributed by atoms with Crippen LogP contribution < -0.4 is 16.0 Å². The van der Waals surface area contributed by atoms with E-state index in [1.807, 2.05) is 6.07 Å². The number of imidazole rings is 1. The number of rotatable bonds is 11. The zero-order valence-corrected chi connectivity index (χ0v) is 22.5. The second-order valence-corrected chi connectivity index (χ2v) is 10.7. The van der Waals surface area contributed by atoms with E-state index in [0.29, 0.717) is 30.2 Å². The molecule has 0 atom stereocenters. The zero-order valence-electron chi connectivity index (χ0n) is 22.5. The number of hydrogen-bond donors (Lipinski definition) is 3. The summed E-state index contributed by atoms with van der Waals surface area (Å²) < 4.78 is 20.8. The highest BCUT2D eigenvalue weighted by Gasteiger charge is 2.27. The van der Waals surface area contributed by atoms with E-state index in [2.05, 4.69) is 31.0 Å². The summed E-state index contributed by atoms with van der Waals surface area (Å²) in [6.45, 7) is 1.75. The molecule has 2 amide bonds. The lowest BCUT2D eigenvalue weighted by molar-refractivity contribution is -0.117. The normalized spacial score (nSPS) is 18.8. The lowest BCUT2D eigenvalue weighted by atomic mass is 9.91. The van der Waals surface area contributed by atoms with Gasteiger partial charge < -0.3 is 25.5 Å². The topological polar surface area (TPSA) is 140 Å². The van der Waals surface area contributed by atoms with Crippen LogP contribution in [0, 0.1) is 11.7 Å². The molecule has 3 aromatic heterocycles. The van der Waals surface area contributed by atoms with Gasteiger partial charge in [-0.2, -0.15) is 0 Å². The van der Waals surface area contributed by atoms with Crippen LogP contribution in [0.4, 0.5) is 20.7 Å². The van der Waals surface area contributed by atoms with Crippen molar-refractivity contribution in [2.45, 2.75) is 76.8 Å². The molecule has 2 aliphatic carbocycles. The molecule has 0 unspecified atom stereocenters. The number of anilines is 2. The molecule has 2 aliphatic rings. The van der Waals surface area contributed by atoms with Crippen LogP contribution in [0.5, 0.6) is 0 Å². The molecule has 0 bridgehead atoms. The number of ketones is 1. The standard InChI is InChI=1S/C28H34FN7O4/c1-17(37)3-2-12-40-28(39)33-21-8-6-20(7-9-21)32-25-14-19(13-18-4-5-18)26-31-16-24(36(26)35-25)27(38)34-23-10-11-30-15-22(23)29/h10-11,14-16,18,20-21H,2-9,12-13H2,1H3,(H,32,35)(H,33,39)(H,30,34,38). The van der Waals surface area contributed by atoms with Crippen molar-refractivity contribution >= 4 is 34.9 Å². The molecule has 0 radical (unpaired) electrons. The molecular formula is C28H34FN7O4. The molecule has 2 fully saturated rings. The van der Waals surface area contributed by atoms with E-state index in [9.17, 15) is 18.8 Å². The summed E-state index contributed by atoms with van der Waals surface area (Å²) in [4.78, 5) is 44.3. The van der Waals surface area contributed by atoms with Crippen molar-refractivity contribution in [3.63, 3.8) is 0 Å². The Morgan fingerprint density at radius 3 is 2.60 bits per heavy atom. The second-order valence-electron chi connectivity index (χ2n) is 10.7. The first kappa shape index (κ1) is 27.5. The van der Waals surface area contributed by atoms with Crippen LogP contribution in [-0.2, 0) is 16.0 Å². The van der Waals surface area contributed by atoms with Gasteiger partial charge in [0, 0.05) is 30.3 Å². The Hall–Kier alpha value is -4.09. The number of fused-ring (bicyclic) bond motifs is 1. The maximum absolute atomic E-state index is 14.1. The predicted molar refractivity (Wildman–Crippen MR) is 146 cm³/mol. The minimum Gasteiger partial charge on any atom is -0.450 e. The highest BCUT2D eigenvalue weighted by atomic mass is 19.1. The van der Waals surface area contributed by atoms with Crippen molar-refractivity contribution in [1.82, 2.24) is 24.9 Å². The van der Waals surface area contributed by atoms with Crippen molar-refractivity contribution in [3.05, 3.63) is 47.8 Å². The minimum atomic E-state index is -0.624. The first-order chi connectivity index (χ1) is 19.4. The Morgan fingerprint density at radius 2 is 1.88 bits per heavy atom. The molecule has 12 heteroatoms. The minimum absolute atomic E-state index is 0.0248. The molecular weight excluding hydrogens is 517 g/mol. The third-order valence-electron chi connectivity index (χ3n) is 7.31. The summed E-state index contributed by atoms with van der Waals surface area (Å²) >= 11 is 0. The molecule has 0 aromatic carbocycles. The monoisotopic (exact) mass is 551 g/mol. The average Bonchev–Trinajstić information content (AvgIpc) is 3.64. The average molecular weight is 552 g/mol. The van der Waals surface area contributed by atoms with Crippen LogP contribution in [0.15, 0.2) is 30.7 Å². The fraction of sp³-hybridized carbons (Fsp3) is 0.500. The number of carbonyl (C=O) groups excluding carboxylic acids is 3. The van der Waals surface area contributed by atoms with Crippen molar-refractivity contribution in [2.24, 2.45) is 5.92 Å². The molecule has 0 saturated heterocycles. The van der Waals surface area contributed by atoms with E-state index in [0.717, 1.165) is 43.9 Å². The third-order valence-corrected chi connectivity index (χ3v) is 7.31. The molecule has 3 heterocycles. The number of pyridine rings is 1. The van der Waals surface area contributed by atoms with Gasteiger partial charge in [-0.1, -0.05) is 0 Å². The molecule has 3 N–H and O–H groups in total. The molecule has 212 valence electrons. The van der Waals surface area contributed by atoms with Crippen molar-refractivity contribution in [2.75, 3.05) is 17.2 Å². The van der Waals surface area contributed by atoms with Gasteiger partial charge in [0.1, 0.15) is 11.6 Å². The predicted octanol–water partition coefficient (Wildman–Crippen LogP) is 4.29. The lowest BCUT2D eigenvalue weighted by Crippen LogP contribution is -2.40. The summed E-state index contributed by atoms with van der Waals surface area (Å²) in [6, 6.07) is 3.58. The zero-order chi connectivity index (χ0) is 28.1. The molecule has 5 rings (SSSR count). The molecule has 2 saturated carbocycles. The van der Waals surface area contributed by atoms with Crippen molar-refractivity contribution < 1.29 is 23.5 Å². The largest absolute Gasteiger partial charge is 0.450 e. The summed E-state index contributed by atoms with van der Waals surface area (Å²) in [7, 11) is 0. The van der Waals surface area contributed by atoms with Crippen LogP contribution in [0.25, 0.3) is 5.65 Å². The Labute approximate surface area is 231 Å². The number of nitrogens with one attached hydrogen (secondary N) is 3. The van der Waals surface area contributed by atoms with Crippen LogP contribution in [0.3, 0.4) is 0 Å². The van der Waals surface area contributed by atoms with E-state index < -0.39 is 17.8 Å². The van der Waals surface area contributed by atoms with Gasteiger partial charge in [0.2, 0.25) is 0 Å². The SMILES string of the molecule is CC(=O)CCCOC(=O)NC1CCC(Nc2cc(CC3CC3)c3ncc(C(=O)Nc4ccncc4F)n3n2)CC1. The molecule has 11 nitrogen and oxygen atoms in total. The Morgan fingerprint density at radius 1 is 1.10 bits per heavy atom. The number of Topliss-reactive ketones (excluding diaryl/α,β-unsaturated/α-hetero) is 1. The first-order valence-electron chi connectivity index (χ1n) is 13.8. The Kier molecular flexibility index (Phi) is 8.51. The first-order valence-corrected chi connectivity index (χ1v) is 13.8. The van der Waals surface area contributed by atoms with E-state index in [1.54, 1.807) is 0 Å². The molecule has 3 aromatic rings. The second kappa shape index (κ2) is 12.4. The van der Waals surface area contributed by atoms with Gasteiger partial charge in [-0.05, 0) is 76.3 Å². The van der Waals surface area contributed by atoms with Gasteiger partial charge in [0.25, 0.3) is 5.91 Å². The van der Waals surface area contributed by atoms with E-state index in [-0.39, 0.29) is 35.9 Å². The smallest absolute Gasteiger partial charge is 0.407 e. The van der Waals surface area contributed by atoms with Gasteiger partial charge in [-0.25, -0.2) is 18.7 Å². The number of hydrogen-bond acceptors (Lipinski definition) is 8.